The number of aromatic nitrogens is 1. The van der Waals surface area contributed by atoms with E-state index in [0.717, 1.165) is 27.8 Å². The van der Waals surface area contributed by atoms with Crippen LogP contribution in [0.25, 0.3) is 5.57 Å². The Morgan fingerprint density at radius 1 is 1.00 bits per heavy atom. The average Bonchev–Trinajstić information content (AvgIpc) is 2.73. The van der Waals surface area contributed by atoms with E-state index in [9.17, 15) is 10.4 Å². The third kappa shape index (κ3) is 4.72. The summed E-state index contributed by atoms with van der Waals surface area (Å²) in [6.07, 6.45) is 3.24. The highest BCUT2D eigenvalue weighted by Crippen LogP contribution is 2.40. The van der Waals surface area contributed by atoms with Gasteiger partial charge in [-0.2, -0.15) is 5.26 Å². The van der Waals surface area contributed by atoms with Gasteiger partial charge in [0, 0.05) is 41.1 Å². The number of benzene rings is 2. The Morgan fingerprint density at radius 3 is 2.00 bits per heavy atom. The lowest BCUT2D eigenvalue weighted by Gasteiger charge is -2.44. The van der Waals surface area contributed by atoms with Crippen LogP contribution in [-0.2, 0) is 0 Å². The summed E-state index contributed by atoms with van der Waals surface area (Å²) in [4.78, 5) is 6.53. The van der Waals surface area contributed by atoms with Gasteiger partial charge in [-0.15, -0.1) is 0 Å². The molecule has 4 nitrogen and oxygen atoms in total. The van der Waals surface area contributed by atoms with Crippen molar-refractivity contribution in [2.45, 2.75) is 25.5 Å². The summed E-state index contributed by atoms with van der Waals surface area (Å²) in [5.41, 5.74) is 4.41. The first kappa shape index (κ1) is 22.5. The third-order valence-corrected chi connectivity index (χ3v) is 6.15. The fourth-order valence-electron chi connectivity index (χ4n) is 4.32. The smallest absolute Gasteiger partial charge is 0.101 e. The van der Waals surface area contributed by atoms with Crippen LogP contribution in [0.1, 0.15) is 42.1 Å². The number of pyridine rings is 1. The van der Waals surface area contributed by atoms with E-state index in [2.05, 4.69) is 16.0 Å². The zero-order valence-corrected chi connectivity index (χ0v) is 19.4. The molecule has 2 heterocycles. The van der Waals surface area contributed by atoms with Crippen molar-refractivity contribution in [3.63, 3.8) is 0 Å². The molecule has 32 heavy (non-hydrogen) atoms. The minimum absolute atomic E-state index is 0.0277. The van der Waals surface area contributed by atoms with Gasteiger partial charge in [0.25, 0.3) is 0 Å². The minimum atomic E-state index is -1.06. The summed E-state index contributed by atoms with van der Waals surface area (Å²) in [6.45, 7) is 4.91. The molecule has 1 aromatic heterocycles. The monoisotopic (exact) mass is 463 g/mol. The van der Waals surface area contributed by atoms with Gasteiger partial charge < -0.3 is 5.11 Å². The molecule has 0 unspecified atom stereocenters. The quantitative estimate of drug-likeness (QED) is 0.512. The Bertz CT molecular complexity index is 1140. The Morgan fingerprint density at radius 2 is 1.53 bits per heavy atom. The van der Waals surface area contributed by atoms with Gasteiger partial charge in [-0.3, -0.25) is 9.88 Å². The molecule has 1 fully saturated rings. The molecule has 162 valence electrons. The summed E-state index contributed by atoms with van der Waals surface area (Å²) in [7, 11) is 0. The van der Waals surface area contributed by atoms with Crippen LogP contribution >= 0.6 is 23.2 Å². The SMILES string of the molecule is CC(C)(O)C(=C1CN(C(c2ccc(Cl)cc2)c2ccc(Cl)cc2)C1)c1cncc(C#N)c1. The number of halogens is 2. The zero-order chi connectivity index (χ0) is 22.9. The molecule has 0 atom stereocenters. The molecule has 4 rings (SSSR count). The molecule has 1 saturated heterocycles. The normalized spacial score (nSPS) is 14.2. The van der Waals surface area contributed by atoms with Crippen molar-refractivity contribution >= 4 is 28.8 Å². The number of aliphatic hydroxyl groups is 1. The first-order valence-electron chi connectivity index (χ1n) is 10.3. The van der Waals surface area contributed by atoms with E-state index in [1.54, 1.807) is 26.1 Å². The highest BCUT2D eigenvalue weighted by atomic mass is 35.5. The highest BCUT2D eigenvalue weighted by molar-refractivity contribution is 6.30. The molecule has 6 heteroatoms. The second-order valence-corrected chi connectivity index (χ2v) is 9.40. The summed E-state index contributed by atoms with van der Waals surface area (Å²) in [5, 5.41) is 21.6. The predicted octanol–water partition coefficient (Wildman–Crippen LogP) is 5.89. The molecular weight excluding hydrogens is 441 g/mol. The van der Waals surface area contributed by atoms with Crippen LogP contribution < -0.4 is 0 Å². The maximum Gasteiger partial charge on any atom is 0.101 e. The van der Waals surface area contributed by atoms with E-state index in [-0.39, 0.29) is 6.04 Å². The minimum Gasteiger partial charge on any atom is -0.386 e. The first-order valence-corrected chi connectivity index (χ1v) is 11.1. The Labute approximate surface area is 198 Å². The number of nitriles is 1. The molecule has 0 spiro atoms. The van der Waals surface area contributed by atoms with Crippen molar-refractivity contribution in [3.8, 4) is 6.07 Å². The number of hydrogen-bond donors (Lipinski definition) is 1. The molecule has 0 aliphatic carbocycles. The van der Waals surface area contributed by atoms with E-state index >= 15 is 0 Å². The van der Waals surface area contributed by atoms with Gasteiger partial charge in [0.1, 0.15) is 6.07 Å². The van der Waals surface area contributed by atoms with Crippen LogP contribution in [0.3, 0.4) is 0 Å². The van der Waals surface area contributed by atoms with Gasteiger partial charge in [0.2, 0.25) is 0 Å². The molecule has 1 aliphatic rings. The van der Waals surface area contributed by atoms with Gasteiger partial charge in [-0.05, 0) is 66.5 Å². The van der Waals surface area contributed by atoms with Gasteiger partial charge in [0.05, 0.1) is 17.2 Å². The van der Waals surface area contributed by atoms with Crippen LogP contribution in [0.2, 0.25) is 10.0 Å². The van der Waals surface area contributed by atoms with Crippen molar-refractivity contribution in [3.05, 3.63) is 105 Å². The molecular formula is C26H23Cl2N3O. The molecule has 0 amide bonds. The second-order valence-electron chi connectivity index (χ2n) is 8.52. The molecule has 1 aliphatic heterocycles. The van der Waals surface area contributed by atoms with Crippen molar-refractivity contribution in [2.75, 3.05) is 13.1 Å². The van der Waals surface area contributed by atoms with Gasteiger partial charge >= 0.3 is 0 Å². The molecule has 0 radical (unpaired) electrons. The van der Waals surface area contributed by atoms with Crippen LogP contribution in [0, 0.1) is 11.3 Å². The average molecular weight is 464 g/mol. The number of nitrogens with zero attached hydrogens (tertiary/aromatic N) is 3. The van der Waals surface area contributed by atoms with Gasteiger partial charge in [-0.25, -0.2) is 0 Å². The Hall–Kier alpha value is -2.68. The van der Waals surface area contributed by atoms with E-state index in [4.69, 9.17) is 23.2 Å². The zero-order valence-electron chi connectivity index (χ0n) is 17.9. The standard InChI is InChI=1S/C26H23Cl2N3O/c1-26(2,32)24(20-11-17(12-29)13-30-14-20)21-15-31(16-21)25(18-3-7-22(27)8-4-18)19-5-9-23(28)10-6-19/h3-11,13-14,25,32H,15-16H2,1-2H3. The first-order chi connectivity index (χ1) is 15.3. The van der Waals surface area contributed by atoms with E-state index < -0.39 is 5.60 Å². The third-order valence-electron chi connectivity index (χ3n) is 5.65. The second kappa shape index (κ2) is 9.05. The van der Waals surface area contributed by atoms with Gasteiger partial charge in [0.15, 0.2) is 0 Å². The number of hydrogen-bond acceptors (Lipinski definition) is 4. The van der Waals surface area contributed by atoms with Crippen molar-refractivity contribution in [1.29, 1.82) is 5.26 Å². The van der Waals surface area contributed by atoms with Crippen LogP contribution in [-0.4, -0.2) is 33.7 Å². The lowest BCUT2D eigenvalue weighted by Crippen LogP contribution is -2.45. The number of rotatable bonds is 5. The lowest BCUT2D eigenvalue weighted by atomic mass is 9.83. The molecule has 3 aromatic rings. The molecule has 0 bridgehead atoms. The van der Waals surface area contributed by atoms with E-state index in [0.29, 0.717) is 28.7 Å². The summed E-state index contributed by atoms with van der Waals surface area (Å²) in [5.74, 6) is 0. The van der Waals surface area contributed by atoms with Crippen LogP contribution in [0.4, 0.5) is 0 Å². The highest BCUT2D eigenvalue weighted by Gasteiger charge is 2.35. The fraction of sp³-hybridized carbons (Fsp3) is 0.231. The Kier molecular flexibility index (Phi) is 6.37. The predicted molar refractivity (Wildman–Crippen MR) is 128 cm³/mol. The largest absolute Gasteiger partial charge is 0.386 e. The fourth-order valence-corrected chi connectivity index (χ4v) is 4.57. The number of likely N-dealkylation sites (tertiary alicyclic amines) is 1. The van der Waals surface area contributed by atoms with Crippen LogP contribution in [0.5, 0.6) is 0 Å². The van der Waals surface area contributed by atoms with E-state index in [1.165, 1.54) is 6.20 Å². The maximum absolute atomic E-state index is 10.9. The van der Waals surface area contributed by atoms with Crippen molar-refractivity contribution in [1.82, 2.24) is 9.88 Å². The van der Waals surface area contributed by atoms with Gasteiger partial charge in [-0.1, -0.05) is 47.5 Å². The van der Waals surface area contributed by atoms with Crippen molar-refractivity contribution in [2.24, 2.45) is 0 Å². The maximum atomic E-state index is 10.9. The molecule has 0 saturated carbocycles. The van der Waals surface area contributed by atoms with Crippen molar-refractivity contribution < 1.29 is 5.11 Å². The summed E-state index contributed by atoms with van der Waals surface area (Å²) >= 11 is 12.2. The van der Waals surface area contributed by atoms with E-state index in [1.807, 2.05) is 48.5 Å². The summed E-state index contributed by atoms with van der Waals surface area (Å²) in [6, 6.07) is 19.7. The lowest BCUT2D eigenvalue weighted by molar-refractivity contribution is 0.136. The molecule has 1 N–H and O–H groups in total. The van der Waals surface area contributed by atoms with Crippen LogP contribution in [0.15, 0.2) is 72.6 Å². The summed E-state index contributed by atoms with van der Waals surface area (Å²) < 4.78 is 0. The Balaban J connectivity index is 1.71. The molecule has 2 aromatic carbocycles. The topological polar surface area (TPSA) is 60.1 Å².